The van der Waals surface area contributed by atoms with Crippen molar-refractivity contribution in [3.05, 3.63) is 28.4 Å². The molecule has 0 aliphatic heterocycles. The first-order valence-electron chi connectivity index (χ1n) is 5.19. The van der Waals surface area contributed by atoms with E-state index in [9.17, 15) is 0 Å². The number of aromatic nitrogens is 1. The normalized spacial score (nSPS) is 10.9. The van der Waals surface area contributed by atoms with Gasteiger partial charge < -0.3 is 9.73 Å². The number of thiophene rings is 1. The first-order chi connectivity index (χ1) is 7.81. The topological polar surface area (TPSA) is 38.1 Å². The van der Waals surface area contributed by atoms with Gasteiger partial charge in [0.05, 0.1) is 10.7 Å². The van der Waals surface area contributed by atoms with Crippen LogP contribution < -0.4 is 5.32 Å². The van der Waals surface area contributed by atoms with Crippen LogP contribution in [0.25, 0.3) is 10.8 Å². The molecule has 0 bridgehead atoms. The second-order valence-electron chi connectivity index (χ2n) is 3.42. The molecule has 2 aromatic heterocycles. The van der Waals surface area contributed by atoms with Crippen LogP contribution in [0.15, 0.2) is 22.1 Å². The predicted molar refractivity (Wildman–Crippen MR) is 66.8 cm³/mol. The van der Waals surface area contributed by atoms with Gasteiger partial charge in [0.2, 0.25) is 5.89 Å². The molecule has 1 N–H and O–H groups in total. The Hall–Kier alpha value is -0.840. The maximum atomic E-state index is 6.01. The number of oxazole rings is 1. The molecule has 0 fully saturated rings. The van der Waals surface area contributed by atoms with Gasteiger partial charge in [0.1, 0.15) is 11.1 Å². The van der Waals surface area contributed by atoms with Gasteiger partial charge >= 0.3 is 0 Å². The largest absolute Gasteiger partial charge is 0.443 e. The molecule has 0 aromatic carbocycles. The summed E-state index contributed by atoms with van der Waals surface area (Å²) in [6.07, 6.45) is 2.79. The monoisotopic (exact) mass is 256 g/mol. The Morgan fingerprint density at radius 3 is 3.12 bits per heavy atom. The fourth-order valence-electron chi connectivity index (χ4n) is 1.33. The zero-order valence-electron chi connectivity index (χ0n) is 9.00. The molecule has 0 spiro atoms. The summed E-state index contributed by atoms with van der Waals surface area (Å²) in [6, 6.07) is 1.85. The van der Waals surface area contributed by atoms with Gasteiger partial charge in [0.15, 0.2) is 0 Å². The average Bonchev–Trinajstić information content (AvgIpc) is 2.87. The van der Waals surface area contributed by atoms with Crippen LogP contribution in [0.4, 0.5) is 0 Å². The van der Waals surface area contributed by atoms with Crippen LogP contribution in [0.5, 0.6) is 0 Å². The Balaban J connectivity index is 2.05. The summed E-state index contributed by atoms with van der Waals surface area (Å²) in [5, 5.41) is 5.89. The number of hydrogen-bond donors (Lipinski definition) is 1. The molecule has 0 saturated heterocycles. The van der Waals surface area contributed by atoms with Gasteiger partial charge in [0.25, 0.3) is 0 Å². The molecule has 0 atom stereocenters. The summed E-state index contributed by atoms with van der Waals surface area (Å²) in [4.78, 5) is 5.27. The van der Waals surface area contributed by atoms with Crippen molar-refractivity contribution < 1.29 is 4.42 Å². The molecule has 0 aliphatic rings. The highest BCUT2D eigenvalue weighted by Crippen LogP contribution is 2.32. The van der Waals surface area contributed by atoms with E-state index < -0.39 is 0 Å². The Labute approximate surface area is 103 Å². The van der Waals surface area contributed by atoms with Gasteiger partial charge in [-0.25, -0.2) is 4.98 Å². The highest BCUT2D eigenvalue weighted by atomic mass is 35.5. The molecule has 5 heteroatoms. The van der Waals surface area contributed by atoms with Gasteiger partial charge in [-0.1, -0.05) is 18.5 Å². The molecule has 3 nitrogen and oxygen atoms in total. The Kier molecular flexibility index (Phi) is 3.98. The van der Waals surface area contributed by atoms with Gasteiger partial charge in [-0.3, -0.25) is 0 Å². The van der Waals surface area contributed by atoms with E-state index in [0.29, 0.717) is 10.9 Å². The lowest BCUT2D eigenvalue weighted by molar-refractivity contribution is 0.571. The van der Waals surface area contributed by atoms with E-state index >= 15 is 0 Å². The van der Waals surface area contributed by atoms with Crippen LogP contribution in [-0.2, 0) is 6.54 Å². The predicted octanol–water partition coefficient (Wildman–Crippen LogP) is 3.56. The summed E-state index contributed by atoms with van der Waals surface area (Å²) in [6.45, 7) is 3.86. The molecule has 2 heterocycles. The lowest BCUT2D eigenvalue weighted by Gasteiger charge is -1.96. The van der Waals surface area contributed by atoms with E-state index in [-0.39, 0.29) is 0 Å². The zero-order valence-corrected chi connectivity index (χ0v) is 10.6. The third-order valence-corrected chi connectivity index (χ3v) is 3.43. The molecule has 0 aliphatic carbocycles. The summed E-state index contributed by atoms with van der Waals surface area (Å²) in [5.41, 5.74) is 0.910. The molecule has 0 amide bonds. The van der Waals surface area contributed by atoms with E-state index in [2.05, 4.69) is 17.2 Å². The summed E-state index contributed by atoms with van der Waals surface area (Å²) < 4.78 is 5.40. The quantitative estimate of drug-likeness (QED) is 0.832. The highest BCUT2D eigenvalue weighted by Gasteiger charge is 2.11. The fourth-order valence-corrected chi connectivity index (χ4v) is 2.40. The van der Waals surface area contributed by atoms with Crippen molar-refractivity contribution in [2.24, 2.45) is 0 Å². The smallest absolute Gasteiger partial charge is 0.238 e. The van der Waals surface area contributed by atoms with Crippen molar-refractivity contribution in [1.82, 2.24) is 10.3 Å². The molecule has 0 saturated carbocycles. The minimum Gasteiger partial charge on any atom is -0.443 e. The fraction of sp³-hybridized carbons (Fsp3) is 0.364. The summed E-state index contributed by atoms with van der Waals surface area (Å²) in [7, 11) is 0. The van der Waals surface area contributed by atoms with Gasteiger partial charge in [-0.2, -0.15) is 0 Å². The minimum atomic E-state index is 0.605. The van der Waals surface area contributed by atoms with Crippen molar-refractivity contribution in [3.8, 4) is 10.8 Å². The third-order valence-electron chi connectivity index (χ3n) is 2.10. The maximum absolute atomic E-state index is 6.01. The van der Waals surface area contributed by atoms with Crippen LogP contribution in [0, 0.1) is 0 Å². The van der Waals surface area contributed by atoms with E-state index in [1.165, 1.54) is 11.3 Å². The second-order valence-corrected chi connectivity index (χ2v) is 4.74. The van der Waals surface area contributed by atoms with Crippen LogP contribution in [0.3, 0.4) is 0 Å². The number of nitrogens with zero attached hydrogens (tertiary/aromatic N) is 1. The van der Waals surface area contributed by atoms with Crippen LogP contribution in [0.2, 0.25) is 5.02 Å². The minimum absolute atomic E-state index is 0.605. The number of hydrogen-bond acceptors (Lipinski definition) is 4. The first kappa shape index (κ1) is 11.6. The molecule has 2 rings (SSSR count). The van der Waals surface area contributed by atoms with Gasteiger partial charge in [-0.15, -0.1) is 11.3 Å². The Bertz CT molecular complexity index is 452. The highest BCUT2D eigenvalue weighted by molar-refractivity contribution is 7.14. The van der Waals surface area contributed by atoms with Crippen molar-refractivity contribution in [2.75, 3.05) is 6.54 Å². The number of nitrogens with one attached hydrogen (secondary N) is 1. The van der Waals surface area contributed by atoms with Crippen LogP contribution >= 0.6 is 22.9 Å². The van der Waals surface area contributed by atoms with Gasteiger partial charge in [-0.05, 0) is 24.4 Å². The average molecular weight is 257 g/mol. The van der Waals surface area contributed by atoms with E-state index in [1.54, 1.807) is 6.26 Å². The summed E-state index contributed by atoms with van der Waals surface area (Å²) >= 11 is 7.54. The van der Waals surface area contributed by atoms with Crippen molar-refractivity contribution >= 4 is 22.9 Å². The van der Waals surface area contributed by atoms with Crippen molar-refractivity contribution in [3.63, 3.8) is 0 Å². The first-order valence-corrected chi connectivity index (χ1v) is 6.45. The van der Waals surface area contributed by atoms with E-state index in [4.69, 9.17) is 16.0 Å². The van der Waals surface area contributed by atoms with Crippen molar-refractivity contribution in [2.45, 2.75) is 19.9 Å². The van der Waals surface area contributed by atoms with Crippen molar-refractivity contribution in [1.29, 1.82) is 0 Å². The molecular formula is C11H13ClN2OS. The molecule has 0 radical (unpaired) electrons. The van der Waals surface area contributed by atoms with E-state index in [1.807, 2.05) is 11.4 Å². The van der Waals surface area contributed by atoms with Crippen LogP contribution in [-0.4, -0.2) is 11.5 Å². The standard InChI is InChI=1S/C11H13ClN2OS/c1-2-4-13-6-8-7-15-11(14-8)10-9(12)3-5-16-10/h3,5,7,13H,2,4,6H2,1H3. The molecule has 86 valence electrons. The SMILES string of the molecule is CCCNCc1coc(-c2sccc2Cl)n1. The second kappa shape index (κ2) is 5.48. The molecule has 0 unspecified atom stereocenters. The Morgan fingerprint density at radius 1 is 1.56 bits per heavy atom. The summed E-state index contributed by atoms with van der Waals surface area (Å²) in [5.74, 6) is 0.605. The lowest BCUT2D eigenvalue weighted by atomic mass is 10.4. The van der Waals surface area contributed by atoms with Gasteiger partial charge in [0, 0.05) is 6.54 Å². The number of halogens is 1. The zero-order chi connectivity index (χ0) is 11.4. The molecular weight excluding hydrogens is 244 g/mol. The van der Waals surface area contributed by atoms with E-state index in [0.717, 1.165) is 30.1 Å². The molecule has 2 aromatic rings. The molecule has 16 heavy (non-hydrogen) atoms. The lowest BCUT2D eigenvalue weighted by Crippen LogP contribution is -2.13. The maximum Gasteiger partial charge on any atom is 0.238 e. The number of rotatable bonds is 5. The third kappa shape index (κ3) is 2.64. The van der Waals surface area contributed by atoms with Crippen LogP contribution in [0.1, 0.15) is 19.0 Å². The Morgan fingerprint density at radius 2 is 2.44 bits per heavy atom.